The Labute approximate surface area is 261 Å². The van der Waals surface area contributed by atoms with E-state index in [0.717, 1.165) is 11.3 Å². The number of esters is 1. The minimum absolute atomic E-state index is 0.00569. The van der Waals surface area contributed by atoms with E-state index in [2.05, 4.69) is 11.6 Å². The second-order valence-corrected chi connectivity index (χ2v) is 10.9. The molecule has 11 heteroatoms. The van der Waals surface area contributed by atoms with Crippen molar-refractivity contribution >= 4 is 45.1 Å². The van der Waals surface area contributed by atoms with Crippen molar-refractivity contribution in [1.29, 1.82) is 0 Å². The maximum absolute atomic E-state index is 14.1. The normalized spacial score (nSPS) is 14.6. The molecule has 0 bridgehead atoms. The largest absolute Gasteiger partial charge is 0.503 e. The number of fused-ring (bicyclic) bond motifs is 1. The number of Topliss-reactive ketones (excluding diaryl/α,β-unsaturated/α-hetero) is 1. The number of aliphatic hydroxyl groups is 1. The number of furan rings is 1. The number of thiazole rings is 1. The third kappa shape index (κ3) is 5.45. The van der Waals surface area contributed by atoms with Crippen LogP contribution in [0.15, 0.2) is 107 Å². The molecule has 0 radical (unpaired) electrons. The van der Waals surface area contributed by atoms with Crippen LogP contribution < -0.4 is 14.4 Å². The first-order chi connectivity index (χ1) is 21.8. The van der Waals surface area contributed by atoms with Gasteiger partial charge in [-0.3, -0.25) is 14.5 Å². The highest BCUT2D eigenvalue weighted by Gasteiger charge is 2.47. The van der Waals surface area contributed by atoms with Gasteiger partial charge >= 0.3 is 5.97 Å². The van der Waals surface area contributed by atoms with Crippen molar-refractivity contribution in [2.75, 3.05) is 18.6 Å². The fourth-order valence-corrected chi connectivity index (χ4v) is 6.03. The van der Waals surface area contributed by atoms with Gasteiger partial charge < -0.3 is 23.7 Å². The van der Waals surface area contributed by atoms with Gasteiger partial charge in [-0.1, -0.05) is 66.5 Å². The summed E-state index contributed by atoms with van der Waals surface area (Å²) in [5.41, 5.74) is 0.887. The summed E-state index contributed by atoms with van der Waals surface area (Å²) in [7, 11) is 1.48. The molecule has 1 aliphatic heterocycles. The molecule has 2 aromatic heterocycles. The topological polar surface area (TPSA) is 128 Å². The van der Waals surface area contributed by atoms with E-state index in [-0.39, 0.29) is 27.9 Å². The Hall–Kier alpha value is -5.68. The minimum atomic E-state index is -1.15. The molecule has 0 aliphatic carbocycles. The number of carbonyl (C=O) groups excluding carboxylic acids is 3. The van der Waals surface area contributed by atoms with Crippen LogP contribution in [0.3, 0.4) is 0 Å². The first-order valence-electron chi connectivity index (χ1n) is 13.8. The Morgan fingerprint density at radius 3 is 2.58 bits per heavy atom. The van der Waals surface area contributed by atoms with Crippen LogP contribution in [0.5, 0.6) is 17.2 Å². The van der Waals surface area contributed by atoms with E-state index in [4.69, 9.17) is 18.6 Å². The number of anilines is 1. The van der Waals surface area contributed by atoms with Crippen LogP contribution in [0.2, 0.25) is 0 Å². The van der Waals surface area contributed by atoms with E-state index in [1.165, 1.54) is 24.2 Å². The highest BCUT2D eigenvalue weighted by atomic mass is 32.1. The summed E-state index contributed by atoms with van der Waals surface area (Å²) >= 11 is 0.909. The molecule has 0 fully saturated rings. The number of hydrogen-bond acceptors (Lipinski definition) is 10. The van der Waals surface area contributed by atoms with E-state index < -0.39 is 29.5 Å². The van der Waals surface area contributed by atoms with Crippen LogP contribution in [0.4, 0.5) is 5.13 Å². The molecule has 6 rings (SSSR count). The van der Waals surface area contributed by atoms with Crippen LogP contribution in [-0.4, -0.2) is 41.5 Å². The second kappa shape index (κ2) is 12.1. The summed E-state index contributed by atoms with van der Waals surface area (Å²) in [6.07, 6.45) is 1.44. The Morgan fingerprint density at radius 1 is 1.07 bits per heavy atom. The van der Waals surface area contributed by atoms with E-state index in [1.54, 1.807) is 61.5 Å². The first kappa shape index (κ1) is 29.4. The average Bonchev–Trinajstić information content (AvgIpc) is 3.73. The highest BCUT2D eigenvalue weighted by molar-refractivity contribution is 7.17. The number of carbonyl (C=O) groups is 3. The molecule has 0 spiro atoms. The maximum Gasteiger partial charge on any atom is 0.350 e. The number of aryl methyl sites for hydroxylation is 1. The molecule has 10 nitrogen and oxygen atoms in total. The first-order valence-corrected chi connectivity index (χ1v) is 14.6. The number of rotatable bonds is 10. The number of aliphatic hydroxyl groups excluding tert-OH is 1. The second-order valence-electron chi connectivity index (χ2n) is 9.94. The number of ketones is 1. The van der Waals surface area contributed by atoms with Crippen molar-refractivity contribution in [3.63, 3.8) is 0 Å². The Bertz CT molecular complexity index is 1990. The Morgan fingerprint density at radius 2 is 1.82 bits per heavy atom. The van der Waals surface area contributed by atoms with Crippen molar-refractivity contribution in [1.82, 2.24) is 4.98 Å². The molecule has 226 valence electrons. The van der Waals surface area contributed by atoms with Crippen molar-refractivity contribution in [3.8, 4) is 17.2 Å². The van der Waals surface area contributed by atoms with Crippen LogP contribution >= 0.6 is 11.3 Å². The van der Waals surface area contributed by atoms with Gasteiger partial charge in [0.25, 0.3) is 5.91 Å². The van der Waals surface area contributed by atoms with Gasteiger partial charge in [0.2, 0.25) is 5.78 Å². The van der Waals surface area contributed by atoms with Crippen LogP contribution in [0.1, 0.15) is 37.5 Å². The van der Waals surface area contributed by atoms with Gasteiger partial charge in [0, 0.05) is 5.39 Å². The number of hydrogen-bond donors (Lipinski definition) is 1. The van der Waals surface area contributed by atoms with Gasteiger partial charge in [0.15, 0.2) is 28.0 Å². The lowest BCUT2D eigenvalue weighted by Crippen LogP contribution is -2.31. The van der Waals surface area contributed by atoms with Crippen LogP contribution in [0.25, 0.3) is 11.0 Å². The summed E-state index contributed by atoms with van der Waals surface area (Å²) < 4.78 is 22.5. The van der Waals surface area contributed by atoms with Crippen molar-refractivity contribution in [2.24, 2.45) is 0 Å². The zero-order valence-electron chi connectivity index (χ0n) is 24.2. The predicted octanol–water partition coefficient (Wildman–Crippen LogP) is 7.12. The number of amides is 1. The summed E-state index contributed by atoms with van der Waals surface area (Å²) in [5.74, 6) is -1.65. The fraction of sp³-hybridized carbons (Fsp3) is 0.118. The van der Waals surface area contributed by atoms with E-state index in [0.29, 0.717) is 39.5 Å². The lowest BCUT2D eigenvalue weighted by molar-refractivity contribution is -0.117. The van der Waals surface area contributed by atoms with Gasteiger partial charge in [0.05, 0.1) is 24.4 Å². The third-order valence-electron chi connectivity index (χ3n) is 7.07. The molecule has 0 saturated heterocycles. The van der Waals surface area contributed by atoms with E-state index in [9.17, 15) is 19.5 Å². The molecule has 3 heterocycles. The monoisotopic (exact) mass is 622 g/mol. The van der Waals surface area contributed by atoms with Gasteiger partial charge in [-0.05, 0) is 48.9 Å². The standard InChI is InChI=1S/C34H26N2O8S/c1-4-16-42-33(40)31-19(2)35-34(45-31)36-27(20-10-8-14-23(17-20)43-22-12-6-5-7-13-22)26(29(38)32(36)39)28(37)25-18-21-11-9-15-24(41-3)30(21)44-25/h4-15,17-18,27,38H,1,16H2,2-3H3. The number of aromatic nitrogens is 1. The van der Waals surface area contributed by atoms with Gasteiger partial charge in [-0.15, -0.1) is 0 Å². The number of ether oxygens (including phenoxy) is 3. The lowest BCUT2D eigenvalue weighted by Gasteiger charge is -2.24. The van der Waals surface area contributed by atoms with Crippen molar-refractivity contribution in [2.45, 2.75) is 13.0 Å². The number of benzene rings is 3. The van der Waals surface area contributed by atoms with Crippen LogP contribution in [0, 0.1) is 6.92 Å². The number of methoxy groups -OCH3 is 1. The summed E-state index contributed by atoms with van der Waals surface area (Å²) in [5, 5.41) is 12.0. The third-order valence-corrected chi connectivity index (χ3v) is 8.20. The van der Waals surface area contributed by atoms with Gasteiger partial charge in [-0.25, -0.2) is 9.78 Å². The smallest absolute Gasteiger partial charge is 0.350 e. The molecule has 1 aliphatic rings. The molecule has 1 amide bonds. The molecular weight excluding hydrogens is 596 g/mol. The maximum atomic E-state index is 14.1. The number of nitrogens with zero attached hydrogens (tertiary/aromatic N) is 2. The summed E-state index contributed by atoms with van der Waals surface area (Å²) in [6, 6.07) is 21.5. The van der Waals surface area contributed by atoms with Crippen molar-refractivity contribution < 1.29 is 38.1 Å². The summed E-state index contributed by atoms with van der Waals surface area (Å²) in [6.45, 7) is 5.15. The molecule has 5 aromatic rings. The number of para-hydroxylation sites is 2. The molecule has 0 saturated carbocycles. The molecule has 1 atom stereocenters. The molecule has 1 unspecified atom stereocenters. The van der Waals surface area contributed by atoms with E-state index >= 15 is 0 Å². The lowest BCUT2D eigenvalue weighted by atomic mass is 9.95. The average molecular weight is 623 g/mol. The highest BCUT2D eigenvalue weighted by Crippen LogP contribution is 2.45. The fourth-order valence-electron chi connectivity index (χ4n) is 5.04. The zero-order valence-corrected chi connectivity index (χ0v) is 25.0. The Balaban J connectivity index is 1.46. The molecule has 45 heavy (non-hydrogen) atoms. The molecular formula is C34H26N2O8S. The van der Waals surface area contributed by atoms with Gasteiger partial charge in [0.1, 0.15) is 23.0 Å². The van der Waals surface area contributed by atoms with Crippen molar-refractivity contribution in [3.05, 3.63) is 125 Å². The SMILES string of the molecule is C=CCOC(=O)c1sc(N2C(=O)C(O)=C(C(=O)c3cc4cccc(OC)c4o3)C2c2cccc(Oc3ccccc3)c2)nc1C. The van der Waals surface area contributed by atoms with Gasteiger partial charge in [-0.2, -0.15) is 0 Å². The molecule has 3 aromatic carbocycles. The van der Waals surface area contributed by atoms with E-state index in [1.807, 2.05) is 18.2 Å². The quantitative estimate of drug-likeness (QED) is 0.0983. The zero-order chi connectivity index (χ0) is 31.7. The predicted molar refractivity (Wildman–Crippen MR) is 167 cm³/mol. The minimum Gasteiger partial charge on any atom is -0.503 e. The molecule has 1 N–H and O–H groups in total. The Kier molecular flexibility index (Phi) is 7.93. The van der Waals surface area contributed by atoms with Crippen LogP contribution in [-0.2, 0) is 9.53 Å². The summed E-state index contributed by atoms with van der Waals surface area (Å²) in [4.78, 5) is 46.5.